The Labute approximate surface area is 160 Å². The highest BCUT2D eigenvalue weighted by Gasteiger charge is 2.32. The molecule has 7 heteroatoms. The quantitative estimate of drug-likeness (QED) is 0.578. The maximum absolute atomic E-state index is 12.6. The lowest BCUT2D eigenvalue weighted by Gasteiger charge is -2.26. The van der Waals surface area contributed by atoms with E-state index in [0.29, 0.717) is 13.1 Å². The number of guanidine groups is 1. The molecule has 27 heavy (non-hydrogen) atoms. The van der Waals surface area contributed by atoms with E-state index in [1.54, 1.807) is 14.0 Å². The molecule has 1 N–H and O–H groups in total. The van der Waals surface area contributed by atoms with Crippen molar-refractivity contribution in [3.63, 3.8) is 0 Å². The third kappa shape index (κ3) is 7.40. The summed E-state index contributed by atoms with van der Waals surface area (Å²) >= 11 is 0. The van der Waals surface area contributed by atoms with E-state index in [1.165, 1.54) is 16.0 Å². The number of likely N-dealkylation sites (tertiary alicyclic amines) is 1. The summed E-state index contributed by atoms with van der Waals surface area (Å²) in [6, 6.07) is 8.47. The third-order valence-electron chi connectivity index (χ3n) is 4.98. The number of nitrogens with zero attached hydrogens (tertiary/aromatic N) is 3. The third-order valence-corrected chi connectivity index (χ3v) is 4.98. The average molecular weight is 384 g/mol. The molecule has 1 heterocycles. The largest absolute Gasteiger partial charge is 0.401 e. The summed E-state index contributed by atoms with van der Waals surface area (Å²) in [5.41, 5.74) is 2.52. The fourth-order valence-electron chi connectivity index (χ4n) is 3.50. The van der Waals surface area contributed by atoms with Gasteiger partial charge in [0.2, 0.25) is 0 Å². The molecule has 152 valence electrons. The minimum absolute atomic E-state index is 0.239. The number of benzene rings is 1. The Morgan fingerprint density at radius 3 is 2.59 bits per heavy atom. The summed E-state index contributed by atoms with van der Waals surface area (Å²) in [5, 5.41) is 3.38. The monoisotopic (exact) mass is 384 g/mol. The van der Waals surface area contributed by atoms with Gasteiger partial charge in [0, 0.05) is 33.2 Å². The number of hydrogen-bond donors (Lipinski definition) is 1. The van der Waals surface area contributed by atoms with Crippen molar-refractivity contribution in [2.45, 2.75) is 32.9 Å². The van der Waals surface area contributed by atoms with Crippen LogP contribution >= 0.6 is 0 Å². The second kappa shape index (κ2) is 9.97. The number of aliphatic imine (C=N–C) groups is 1. The van der Waals surface area contributed by atoms with Crippen molar-refractivity contribution >= 4 is 5.96 Å². The highest BCUT2D eigenvalue weighted by atomic mass is 19.4. The molecule has 1 aliphatic rings. The Balaban J connectivity index is 1.78. The second-order valence-electron chi connectivity index (χ2n) is 7.25. The molecule has 0 aliphatic carbocycles. The topological polar surface area (TPSA) is 30.9 Å². The van der Waals surface area contributed by atoms with E-state index in [-0.39, 0.29) is 5.92 Å². The van der Waals surface area contributed by atoms with E-state index in [9.17, 15) is 13.2 Å². The van der Waals surface area contributed by atoms with Gasteiger partial charge in [0.15, 0.2) is 5.96 Å². The molecule has 0 saturated carbocycles. The molecular weight excluding hydrogens is 353 g/mol. The van der Waals surface area contributed by atoms with Gasteiger partial charge >= 0.3 is 6.18 Å². The maximum atomic E-state index is 12.6. The van der Waals surface area contributed by atoms with Crippen molar-refractivity contribution in [3.8, 4) is 0 Å². The predicted molar refractivity (Wildman–Crippen MR) is 104 cm³/mol. The number of halogens is 3. The summed E-state index contributed by atoms with van der Waals surface area (Å²) < 4.78 is 37.9. The van der Waals surface area contributed by atoms with E-state index in [4.69, 9.17) is 0 Å². The average Bonchev–Trinajstić information content (AvgIpc) is 3.07. The van der Waals surface area contributed by atoms with Gasteiger partial charge in [0.05, 0.1) is 6.54 Å². The number of aryl methyl sites for hydroxylation is 1. The van der Waals surface area contributed by atoms with Crippen molar-refractivity contribution in [2.24, 2.45) is 10.9 Å². The van der Waals surface area contributed by atoms with Crippen LogP contribution in [0.2, 0.25) is 0 Å². The summed E-state index contributed by atoms with van der Waals surface area (Å²) in [4.78, 5) is 7.99. The molecule has 1 fully saturated rings. The van der Waals surface area contributed by atoms with Crippen LogP contribution in [-0.4, -0.2) is 68.3 Å². The van der Waals surface area contributed by atoms with E-state index in [0.717, 1.165) is 38.4 Å². The van der Waals surface area contributed by atoms with Crippen LogP contribution in [0.25, 0.3) is 0 Å². The Morgan fingerprint density at radius 2 is 2.00 bits per heavy atom. The number of nitrogens with one attached hydrogen (secondary N) is 1. The van der Waals surface area contributed by atoms with Crippen LogP contribution in [0.15, 0.2) is 29.3 Å². The minimum Gasteiger partial charge on any atom is -0.356 e. The van der Waals surface area contributed by atoms with Gasteiger partial charge in [-0.15, -0.1) is 0 Å². The first-order chi connectivity index (χ1) is 12.8. The number of hydrogen-bond acceptors (Lipinski definition) is 2. The molecule has 1 atom stereocenters. The molecule has 0 bridgehead atoms. The van der Waals surface area contributed by atoms with Crippen LogP contribution in [0, 0.1) is 12.8 Å². The van der Waals surface area contributed by atoms with Crippen molar-refractivity contribution in [3.05, 3.63) is 35.4 Å². The summed E-state index contributed by atoms with van der Waals surface area (Å²) in [6.07, 6.45) is -2.33. The molecule has 2 rings (SSSR count). The van der Waals surface area contributed by atoms with Crippen LogP contribution < -0.4 is 5.32 Å². The minimum atomic E-state index is -4.14. The van der Waals surface area contributed by atoms with Gasteiger partial charge in [-0.1, -0.05) is 36.8 Å². The summed E-state index contributed by atoms with van der Waals surface area (Å²) in [7, 11) is 1.75. The standard InChI is InChI=1S/C20H31F3N4/c1-4-26(15-20(21,22)23)13-18-10-12-27(14-18)19(24-3)25-11-9-17-7-5-16(2)6-8-17/h5-8,18H,4,9-15H2,1-3H3,(H,24,25). The molecule has 1 unspecified atom stereocenters. The van der Waals surface area contributed by atoms with Gasteiger partial charge in [-0.3, -0.25) is 9.89 Å². The lowest BCUT2D eigenvalue weighted by Crippen LogP contribution is -2.42. The van der Waals surface area contributed by atoms with Gasteiger partial charge in [0.1, 0.15) is 0 Å². The normalized spacial score (nSPS) is 18.4. The van der Waals surface area contributed by atoms with Crippen LogP contribution in [0.1, 0.15) is 24.5 Å². The fraction of sp³-hybridized carbons (Fsp3) is 0.650. The van der Waals surface area contributed by atoms with E-state index in [2.05, 4.69) is 46.4 Å². The molecule has 1 saturated heterocycles. The Morgan fingerprint density at radius 1 is 1.30 bits per heavy atom. The molecule has 1 aliphatic heterocycles. The van der Waals surface area contributed by atoms with Crippen molar-refractivity contribution in [1.29, 1.82) is 0 Å². The zero-order valence-electron chi connectivity index (χ0n) is 16.5. The van der Waals surface area contributed by atoms with Gasteiger partial charge in [-0.2, -0.15) is 13.2 Å². The van der Waals surface area contributed by atoms with E-state index >= 15 is 0 Å². The van der Waals surface area contributed by atoms with Crippen molar-refractivity contribution in [2.75, 3.05) is 46.3 Å². The lowest BCUT2D eigenvalue weighted by atomic mass is 10.1. The molecule has 0 spiro atoms. The lowest BCUT2D eigenvalue weighted by molar-refractivity contribution is -0.146. The summed E-state index contributed by atoms with van der Waals surface area (Å²) in [6.45, 7) is 6.28. The SMILES string of the molecule is CCN(CC1CCN(C(=NC)NCCc2ccc(C)cc2)C1)CC(F)(F)F. The number of alkyl halides is 3. The van der Waals surface area contributed by atoms with Gasteiger partial charge in [0.25, 0.3) is 0 Å². The molecule has 0 aromatic heterocycles. The molecular formula is C20H31F3N4. The Bertz CT molecular complexity index is 598. The van der Waals surface area contributed by atoms with Crippen LogP contribution in [0.3, 0.4) is 0 Å². The molecule has 1 aromatic rings. The van der Waals surface area contributed by atoms with Gasteiger partial charge in [-0.05, 0) is 37.8 Å². The van der Waals surface area contributed by atoms with Crippen molar-refractivity contribution < 1.29 is 13.2 Å². The molecule has 4 nitrogen and oxygen atoms in total. The van der Waals surface area contributed by atoms with E-state index in [1.807, 2.05) is 0 Å². The first-order valence-corrected chi connectivity index (χ1v) is 9.61. The molecule has 0 radical (unpaired) electrons. The first kappa shape index (κ1) is 21.5. The maximum Gasteiger partial charge on any atom is 0.401 e. The number of rotatable bonds is 7. The van der Waals surface area contributed by atoms with Crippen LogP contribution in [-0.2, 0) is 6.42 Å². The second-order valence-corrected chi connectivity index (χ2v) is 7.25. The zero-order valence-corrected chi connectivity index (χ0v) is 16.5. The van der Waals surface area contributed by atoms with Crippen molar-refractivity contribution in [1.82, 2.24) is 15.1 Å². The first-order valence-electron chi connectivity index (χ1n) is 9.61. The molecule has 0 amide bonds. The van der Waals surface area contributed by atoms with Gasteiger partial charge in [-0.25, -0.2) is 0 Å². The highest BCUT2D eigenvalue weighted by Crippen LogP contribution is 2.21. The summed E-state index contributed by atoms with van der Waals surface area (Å²) in [5.74, 6) is 1.08. The van der Waals surface area contributed by atoms with E-state index < -0.39 is 12.7 Å². The highest BCUT2D eigenvalue weighted by molar-refractivity contribution is 5.80. The smallest absolute Gasteiger partial charge is 0.356 e. The zero-order chi connectivity index (χ0) is 19.9. The van der Waals surface area contributed by atoms with Crippen LogP contribution in [0.4, 0.5) is 13.2 Å². The predicted octanol–water partition coefficient (Wildman–Crippen LogP) is 3.32. The van der Waals surface area contributed by atoms with Crippen LogP contribution in [0.5, 0.6) is 0 Å². The molecule has 1 aromatic carbocycles. The fourth-order valence-corrected chi connectivity index (χ4v) is 3.50. The Kier molecular flexibility index (Phi) is 7.95. The van der Waals surface area contributed by atoms with Gasteiger partial charge < -0.3 is 10.2 Å². The Hall–Kier alpha value is -1.76.